The van der Waals surface area contributed by atoms with Gasteiger partial charge >= 0.3 is 0 Å². The fourth-order valence-corrected chi connectivity index (χ4v) is 4.11. The highest BCUT2D eigenvalue weighted by molar-refractivity contribution is 8.04. The number of fused-ring (bicyclic) bond motifs is 1. The Bertz CT molecular complexity index is 1100. The van der Waals surface area contributed by atoms with Gasteiger partial charge in [0.1, 0.15) is 0 Å². The van der Waals surface area contributed by atoms with Gasteiger partial charge in [-0.1, -0.05) is 65.9 Å². The molecule has 0 bridgehead atoms. The molecule has 0 radical (unpaired) electrons. The highest BCUT2D eigenvalue weighted by atomic mass is 32.2. The second kappa shape index (κ2) is 9.01. The third-order valence-electron chi connectivity index (χ3n) is 4.87. The lowest BCUT2D eigenvalue weighted by Gasteiger charge is -2.18. The maximum absolute atomic E-state index is 12.4. The zero-order valence-corrected chi connectivity index (χ0v) is 17.5. The Morgan fingerprint density at radius 2 is 1.73 bits per heavy atom. The Kier molecular flexibility index (Phi) is 6.00. The molecule has 30 heavy (non-hydrogen) atoms. The predicted octanol–water partition coefficient (Wildman–Crippen LogP) is 5.05. The number of carbonyl (C=O) groups is 2. The summed E-state index contributed by atoms with van der Waals surface area (Å²) in [7, 11) is 0. The maximum Gasteiger partial charge on any atom is 0.262 e. The van der Waals surface area contributed by atoms with Gasteiger partial charge < -0.3 is 10.6 Å². The van der Waals surface area contributed by atoms with Crippen molar-refractivity contribution in [2.75, 3.05) is 11.9 Å². The van der Waals surface area contributed by atoms with Crippen LogP contribution in [0.2, 0.25) is 0 Å². The normalized spacial score (nSPS) is 14.2. The summed E-state index contributed by atoms with van der Waals surface area (Å²) < 4.78 is 0. The highest BCUT2D eigenvalue weighted by Gasteiger charge is 2.20. The first kappa shape index (κ1) is 20.0. The van der Waals surface area contributed by atoms with Crippen LogP contribution >= 0.6 is 11.8 Å². The van der Waals surface area contributed by atoms with Gasteiger partial charge in [0.25, 0.3) is 11.8 Å². The van der Waals surface area contributed by atoms with Crippen LogP contribution in [0.1, 0.15) is 27.0 Å². The third-order valence-corrected chi connectivity index (χ3v) is 5.97. The molecular formula is C25H22N2O2S. The quantitative estimate of drug-likeness (QED) is 0.574. The van der Waals surface area contributed by atoms with Crippen molar-refractivity contribution < 1.29 is 9.59 Å². The van der Waals surface area contributed by atoms with Crippen LogP contribution in [-0.2, 0) is 11.2 Å². The summed E-state index contributed by atoms with van der Waals surface area (Å²) >= 11 is 1.45. The molecule has 1 aliphatic rings. The van der Waals surface area contributed by atoms with Gasteiger partial charge in [-0.3, -0.25) is 9.59 Å². The van der Waals surface area contributed by atoms with Crippen molar-refractivity contribution in [2.24, 2.45) is 0 Å². The summed E-state index contributed by atoms with van der Waals surface area (Å²) in [4.78, 5) is 26.4. The number of thioether (sulfide) groups is 1. The van der Waals surface area contributed by atoms with Crippen LogP contribution in [-0.4, -0.2) is 18.4 Å². The monoisotopic (exact) mass is 414 g/mol. The summed E-state index contributed by atoms with van der Waals surface area (Å²) in [6.45, 7) is 2.65. The van der Waals surface area contributed by atoms with Crippen LogP contribution in [0, 0.1) is 6.92 Å². The van der Waals surface area contributed by atoms with Crippen LogP contribution in [0.4, 0.5) is 5.69 Å². The lowest BCUT2D eigenvalue weighted by molar-refractivity contribution is -0.112. The maximum atomic E-state index is 12.4. The van der Waals surface area contributed by atoms with E-state index in [9.17, 15) is 9.59 Å². The van der Waals surface area contributed by atoms with E-state index in [1.54, 1.807) is 12.1 Å². The summed E-state index contributed by atoms with van der Waals surface area (Å²) in [5.74, 6) is -0.211. The Morgan fingerprint density at radius 3 is 2.50 bits per heavy atom. The first-order valence-corrected chi connectivity index (χ1v) is 10.6. The van der Waals surface area contributed by atoms with Gasteiger partial charge in [-0.15, -0.1) is 0 Å². The molecule has 2 N–H and O–H groups in total. The number of nitrogens with one attached hydrogen (secondary N) is 2. The number of amides is 2. The third kappa shape index (κ3) is 4.81. The Morgan fingerprint density at radius 1 is 1.00 bits per heavy atom. The van der Waals surface area contributed by atoms with Gasteiger partial charge in [-0.05, 0) is 54.8 Å². The molecule has 0 spiro atoms. The van der Waals surface area contributed by atoms with Gasteiger partial charge in [0.05, 0.1) is 10.6 Å². The van der Waals surface area contributed by atoms with Crippen molar-refractivity contribution in [3.63, 3.8) is 0 Å². The summed E-state index contributed by atoms with van der Waals surface area (Å²) in [6.07, 6.45) is 2.64. The molecule has 3 aromatic carbocycles. The van der Waals surface area contributed by atoms with Gasteiger partial charge in [-0.2, -0.15) is 0 Å². The number of hydrogen-bond acceptors (Lipinski definition) is 3. The summed E-state index contributed by atoms with van der Waals surface area (Å²) in [5.41, 5.74) is 4.75. The second-order valence-corrected chi connectivity index (χ2v) is 8.26. The molecule has 1 aliphatic heterocycles. The molecule has 0 saturated heterocycles. The second-order valence-electron chi connectivity index (χ2n) is 7.17. The largest absolute Gasteiger partial charge is 0.352 e. The van der Waals surface area contributed by atoms with E-state index >= 15 is 0 Å². The fraction of sp³-hybridized carbons (Fsp3) is 0.120. The van der Waals surface area contributed by atoms with Crippen molar-refractivity contribution in [3.8, 4) is 0 Å². The van der Waals surface area contributed by atoms with Gasteiger partial charge in [-0.25, -0.2) is 0 Å². The van der Waals surface area contributed by atoms with Crippen LogP contribution < -0.4 is 10.6 Å². The van der Waals surface area contributed by atoms with Gasteiger partial charge in [0, 0.05) is 17.0 Å². The Labute approximate surface area is 180 Å². The molecule has 0 fully saturated rings. The van der Waals surface area contributed by atoms with E-state index in [0.717, 1.165) is 22.6 Å². The predicted molar refractivity (Wildman–Crippen MR) is 123 cm³/mol. The smallest absolute Gasteiger partial charge is 0.262 e. The van der Waals surface area contributed by atoms with Crippen molar-refractivity contribution in [3.05, 3.63) is 100.0 Å². The lowest BCUT2D eigenvalue weighted by Crippen LogP contribution is -2.25. The average Bonchev–Trinajstić information content (AvgIpc) is 2.76. The number of benzene rings is 3. The van der Waals surface area contributed by atoms with E-state index in [1.165, 1.54) is 22.9 Å². The average molecular weight is 415 g/mol. The minimum Gasteiger partial charge on any atom is -0.352 e. The van der Waals surface area contributed by atoms with Crippen molar-refractivity contribution in [1.29, 1.82) is 0 Å². The SMILES string of the molecule is Cc1ccc(CCNC(=O)c2ccc(C=C3Sc4ccccc4NC3=O)cc2)cc1. The number of hydrogen-bond donors (Lipinski definition) is 2. The number of anilines is 1. The lowest BCUT2D eigenvalue weighted by atomic mass is 10.1. The molecule has 0 atom stereocenters. The van der Waals surface area contributed by atoms with Crippen molar-refractivity contribution in [2.45, 2.75) is 18.2 Å². The van der Waals surface area contributed by atoms with E-state index in [1.807, 2.05) is 42.5 Å². The number of carbonyl (C=O) groups excluding carboxylic acids is 2. The number of rotatable bonds is 5. The molecular weight excluding hydrogens is 392 g/mol. The molecule has 2 amide bonds. The van der Waals surface area contributed by atoms with Crippen LogP contribution in [0.25, 0.3) is 6.08 Å². The molecule has 150 valence electrons. The summed E-state index contributed by atoms with van der Waals surface area (Å²) in [5, 5.41) is 5.87. The Balaban J connectivity index is 1.36. The van der Waals surface area contributed by atoms with E-state index < -0.39 is 0 Å². The molecule has 3 aromatic rings. The molecule has 5 heteroatoms. The number of para-hydroxylation sites is 1. The zero-order chi connectivity index (χ0) is 20.9. The Hall–Kier alpha value is -3.31. The molecule has 1 heterocycles. The molecule has 0 unspecified atom stereocenters. The first-order valence-electron chi connectivity index (χ1n) is 9.82. The first-order chi connectivity index (χ1) is 14.6. The molecule has 0 saturated carbocycles. The van der Waals surface area contributed by atoms with Crippen molar-refractivity contribution >= 4 is 35.3 Å². The van der Waals surface area contributed by atoms with E-state index in [4.69, 9.17) is 0 Å². The number of aryl methyl sites for hydroxylation is 1. The van der Waals surface area contributed by atoms with Gasteiger partial charge in [0.15, 0.2) is 0 Å². The summed E-state index contributed by atoms with van der Waals surface area (Å²) in [6, 6.07) is 23.3. The molecule has 0 aliphatic carbocycles. The topological polar surface area (TPSA) is 58.2 Å². The van der Waals surface area contributed by atoms with Gasteiger partial charge in [0.2, 0.25) is 0 Å². The molecule has 0 aromatic heterocycles. The fourth-order valence-electron chi connectivity index (χ4n) is 3.16. The zero-order valence-electron chi connectivity index (χ0n) is 16.6. The molecule has 4 rings (SSSR count). The van der Waals surface area contributed by atoms with E-state index in [-0.39, 0.29) is 11.8 Å². The van der Waals surface area contributed by atoms with Crippen LogP contribution in [0.15, 0.2) is 82.6 Å². The van der Waals surface area contributed by atoms with Crippen LogP contribution in [0.3, 0.4) is 0 Å². The minimum absolute atomic E-state index is 0.0972. The van der Waals surface area contributed by atoms with E-state index in [2.05, 4.69) is 41.8 Å². The minimum atomic E-state index is -0.114. The van der Waals surface area contributed by atoms with E-state index in [0.29, 0.717) is 17.0 Å². The van der Waals surface area contributed by atoms with Crippen LogP contribution in [0.5, 0.6) is 0 Å². The standard InChI is InChI=1S/C25H22N2O2S/c1-17-6-8-18(9-7-17)14-15-26-24(28)20-12-10-19(11-13-20)16-23-25(29)27-21-4-2-3-5-22(21)30-23/h2-13,16H,14-15H2,1H3,(H,26,28)(H,27,29). The molecule has 4 nitrogen and oxygen atoms in total. The highest BCUT2D eigenvalue weighted by Crippen LogP contribution is 2.38. The van der Waals surface area contributed by atoms with Crippen molar-refractivity contribution in [1.82, 2.24) is 5.32 Å².